The summed E-state index contributed by atoms with van der Waals surface area (Å²) in [5.41, 5.74) is 1.26. The van der Waals surface area contributed by atoms with Crippen LogP contribution in [0.25, 0.3) is 0 Å². The first kappa shape index (κ1) is 13.5. The Kier molecular flexibility index (Phi) is 5.14. The van der Waals surface area contributed by atoms with Crippen molar-refractivity contribution in [2.45, 2.75) is 26.8 Å². The van der Waals surface area contributed by atoms with Crippen molar-refractivity contribution < 1.29 is 0 Å². The van der Waals surface area contributed by atoms with Crippen LogP contribution in [0.15, 0.2) is 24.5 Å². The summed E-state index contributed by atoms with van der Waals surface area (Å²) in [6, 6.07) is 4.11. The van der Waals surface area contributed by atoms with Crippen molar-refractivity contribution in [3.63, 3.8) is 0 Å². The second-order valence-corrected chi connectivity index (χ2v) is 5.63. The van der Waals surface area contributed by atoms with Crippen LogP contribution in [0.3, 0.4) is 0 Å². The molecule has 1 N–H and O–H groups in total. The average molecular weight is 247 g/mol. The molecule has 1 aliphatic rings. The highest BCUT2D eigenvalue weighted by atomic mass is 15.2. The van der Waals surface area contributed by atoms with Crippen molar-refractivity contribution in [2.24, 2.45) is 11.8 Å². The number of likely N-dealkylation sites (tertiary alicyclic amines) is 1. The molecule has 0 aliphatic carbocycles. The van der Waals surface area contributed by atoms with E-state index in [0.29, 0.717) is 0 Å². The fraction of sp³-hybridized carbons (Fsp3) is 0.667. The van der Waals surface area contributed by atoms with E-state index in [-0.39, 0.29) is 0 Å². The van der Waals surface area contributed by atoms with Crippen LogP contribution >= 0.6 is 0 Å². The summed E-state index contributed by atoms with van der Waals surface area (Å²) >= 11 is 0. The molecule has 0 aromatic carbocycles. The summed E-state index contributed by atoms with van der Waals surface area (Å²) < 4.78 is 0. The summed E-state index contributed by atoms with van der Waals surface area (Å²) in [4.78, 5) is 6.70. The fourth-order valence-electron chi connectivity index (χ4n) is 2.58. The molecule has 1 aromatic heterocycles. The average Bonchev–Trinajstić information content (AvgIpc) is 2.85. The van der Waals surface area contributed by atoms with E-state index in [0.717, 1.165) is 24.9 Å². The molecular weight excluding hydrogens is 222 g/mol. The van der Waals surface area contributed by atoms with Gasteiger partial charge in [0.05, 0.1) is 0 Å². The lowest BCUT2D eigenvalue weighted by atomic mass is 9.95. The largest absolute Gasteiger partial charge is 0.311 e. The third-order valence-corrected chi connectivity index (χ3v) is 3.91. The minimum atomic E-state index is 0.832. The van der Waals surface area contributed by atoms with E-state index in [1.807, 2.05) is 18.5 Å². The predicted molar refractivity (Wildman–Crippen MR) is 75.3 cm³/mol. The lowest BCUT2D eigenvalue weighted by molar-refractivity contribution is 0.302. The van der Waals surface area contributed by atoms with E-state index >= 15 is 0 Å². The molecule has 1 unspecified atom stereocenters. The van der Waals surface area contributed by atoms with E-state index < -0.39 is 0 Å². The van der Waals surface area contributed by atoms with Crippen LogP contribution in [0.1, 0.15) is 25.8 Å². The Morgan fingerprint density at radius 3 is 3.06 bits per heavy atom. The van der Waals surface area contributed by atoms with Crippen molar-refractivity contribution in [2.75, 3.05) is 26.2 Å². The molecule has 1 saturated heterocycles. The van der Waals surface area contributed by atoms with Crippen molar-refractivity contribution in [1.29, 1.82) is 0 Å². The summed E-state index contributed by atoms with van der Waals surface area (Å²) in [7, 11) is 0. The minimum Gasteiger partial charge on any atom is -0.311 e. The fourth-order valence-corrected chi connectivity index (χ4v) is 2.58. The van der Waals surface area contributed by atoms with Crippen LogP contribution in [0.5, 0.6) is 0 Å². The van der Waals surface area contributed by atoms with Gasteiger partial charge in [-0.15, -0.1) is 0 Å². The predicted octanol–water partition coefficient (Wildman–Crippen LogP) is 2.15. The number of hydrogen-bond acceptors (Lipinski definition) is 3. The number of pyridine rings is 1. The Labute approximate surface area is 111 Å². The maximum Gasteiger partial charge on any atom is 0.0312 e. The molecule has 3 nitrogen and oxygen atoms in total. The second kappa shape index (κ2) is 6.86. The maximum absolute atomic E-state index is 4.12. The van der Waals surface area contributed by atoms with Gasteiger partial charge in [0, 0.05) is 38.6 Å². The second-order valence-electron chi connectivity index (χ2n) is 5.63. The molecule has 2 heterocycles. The van der Waals surface area contributed by atoms with Gasteiger partial charge in [-0.2, -0.15) is 0 Å². The Balaban J connectivity index is 1.59. The normalized spacial score (nSPS) is 20.7. The summed E-state index contributed by atoms with van der Waals surface area (Å²) in [5.74, 6) is 1.74. The van der Waals surface area contributed by atoms with Crippen molar-refractivity contribution in [3.05, 3.63) is 30.1 Å². The van der Waals surface area contributed by atoms with E-state index in [1.165, 1.54) is 31.6 Å². The molecule has 0 radical (unpaired) electrons. The monoisotopic (exact) mass is 247 g/mol. The van der Waals surface area contributed by atoms with Gasteiger partial charge in [0.25, 0.3) is 0 Å². The van der Waals surface area contributed by atoms with Crippen LogP contribution in [-0.2, 0) is 6.54 Å². The SMILES string of the molecule is CC(C)C1CCN(CCNCc2cccnc2)C1. The van der Waals surface area contributed by atoms with Gasteiger partial charge in [-0.1, -0.05) is 19.9 Å². The zero-order valence-corrected chi connectivity index (χ0v) is 11.6. The maximum atomic E-state index is 4.12. The molecule has 0 bridgehead atoms. The Hall–Kier alpha value is -0.930. The summed E-state index contributed by atoms with van der Waals surface area (Å²) in [5, 5.41) is 3.49. The first-order valence-corrected chi connectivity index (χ1v) is 7.07. The van der Waals surface area contributed by atoms with Crippen LogP contribution in [0.2, 0.25) is 0 Å². The van der Waals surface area contributed by atoms with E-state index in [9.17, 15) is 0 Å². The van der Waals surface area contributed by atoms with Crippen molar-refractivity contribution >= 4 is 0 Å². The topological polar surface area (TPSA) is 28.2 Å². The van der Waals surface area contributed by atoms with Crippen molar-refractivity contribution in [1.82, 2.24) is 15.2 Å². The van der Waals surface area contributed by atoms with Gasteiger partial charge in [-0.05, 0) is 36.4 Å². The van der Waals surface area contributed by atoms with Gasteiger partial charge in [0.1, 0.15) is 0 Å². The van der Waals surface area contributed by atoms with E-state index in [4.69, 9.17) is 0 Å². The van der Waals surface area contributed by atoms with E-state index in [1.54, 1.807) is 0 Å². The first-order chi connectivity index (χ1) is 8.75. The molecule has 1 atom stereocenters. The van der Waals surface area contributed by atoms with Crippen LogP contribution in [0, 0.1) is 11.8 Å². The minimum absolute atomic E-state index is 0.832. The lowest BCUT2D eigenvalue weighted by Gasteiger charge is -2.18. The molecule has 0 saturated carbocycles. The van der Waals surface area contributed by atoms with Gasteiger partial charge < -0.3 is 10.2 Å². The standard InChI is InChI=1S/C15H25N3/c1-13(2)15-5-8-18(12-15)9-7-17-11-14-4-3-6-16-10-14/h3-4,6,10,13,15,17H,5,7-9,11-12H2,1-2H3. The Bertz CT molecular complexity index is 337. The molecule has 0 amide bonds. The van der Waals surface area contributed by atoms with Crippen LogP contribution in [-0.4, -0.2) is 36.1 Å². The smallest absolute Gasteiger partial charge is 0.0312 e. The number of nitrogens with zero attached hydrogens (tertiary/aromatic N) is 2. The first-order valence-electron chi connectivity index (χ1n) is 7.07. The van der Waals surface area contributed by atoms with Crippen molar-refractivity contribution in [3.8, 4) is 0 Å². The molecule has 2 rings (SSSR count). The third-order valence-electron chi connectivity index (χ3n) is 3.91. The Morgan fingerprint density at radius 1 is 1.50 bits per heavy atom. The Morgan fingerprint density at radius 2 is 2.39 bits per heavy atom. The van der Waals surface area contributed by atoms with Gasteiger partial charge in [-0.3, -0.25) is 4.98 Å². The highest BCUT2D eigenvalue weighted by Crippen LogP contribution is 2.22. The van der Waals surface area contributed by atoms with Crippen LogP contribution in [0.4, 0.5) is 0 Å². The summed E-state index contributed by atoms with van der Waals surface area (Å²) in [6.45, 7) is 10.4. The van der Waals surface area contributed by atoms with Gasteiger partial charge in [-0.25, -0.2) is 0 Å². The zero-order chi connectivity index (χ0) is 12.8. The van der Waals surface area contributed by atoms with Gasteiger partial charge in [0.2, 0.25) is 0 Å². The number of aromatic nitrogens is 1. The van der Waals surface area contributed by atoms with Crippen LogP contribution < -0.4 is 5.32 Å². The lowest BCUT2D eigenvalue weighted by Crippen LogP contribution is -2.30. The molecule has 1 fully saturated rings. The highest BCUT2D eigenvalue weighted by molar-refractivity contribution is 5.07. The molecular formula is C15H25N3. The third kappa shape index (κ3) is 4.07. The quantitative estimate of drug-likeness (QED) is 0.781. The molecule has 18 heavy (non-hydrogen) atoms. The molecule has 3 heteroatoms. The number of hydrogen-bond donors (Lipinski definition) is 1. The van der Waals surface area contributed by atoms with E-state index in [2.05, 4.69) is 35.1 Å². The molecule has 1 aliphatic heterocycles. The van der Waals surface area contributed by atoms with Gasteiger partial charge >= 0.3 is 0 Å². The molecule has 0 spiro atoms. The zero-order valence-electron chi connectivity index (χ0n) is 11.6. The molecule has 100 valence electrons. The molecule has 1 aromatic rings. The van der Waals surface area contributed by atoms with Gasteiger partial charge in [0.15, 0.2) is 0 Å². The summed E-state index contributed by atoms with van der Waals surface area (Å²) in [6.07, 6.45) is 5.12. The number of nitrogens with one attached hydrogen (secondary N) is 1. The highest BCUT2D eigenvalue weighted by Gasteiger charge is 2.23. The number of rotatable bonds is 6.